The van der Waals surface area contributed by atoms with Gasteiger partial charge in [0.1, 0.15) is 0 Å². The van der Waals surface area contributed by atoms with Gasteiger partial charge in [0.15, 0.2) is 0 Å². The lowest BCUT2D eigenvalue weighted by molar-refractivity contribution is 0.195. The molecule has 0 aliphatic heterocycles. The smallest absolute Gasteiger partial charge is 0.0459 e. The maximum atomic E-state index is 8.96. The third-order valence-electron chi connectivity index (χ3n) is 2.52. The molecule has 0 saturated heterocycles. The van der Waals surface area contributed by atoms with Crippen LogP contribution in [-0.4, -0.2) is 16.7 Å². The molecule has 0 saturated carbocycles. The molecular formula is C11H17NO. The summed E-state index contributed by atoms with van der Waals surface area (Å²) in [5, 5.41) is 8.96. The van der Waals surface area contributed by atoms with Crippen LogP contribution in [0.25, 0.3) is 0 Å². The number of rotatable bonds is 4. The minimum atomic E-state index is 0.258. The van der Waals surface area contributed by atoms with E-state index in [4.69, 9.17) is 5.11 Å². The fraction of sp³-hybridized carbons (Fsp3) is 0.545. The number of nitrogens with zero attached hydrogens (tertiary/aromatic N) is 1. The Morgan fingerprint density at radius 1 is 1.31 bits per heavy atom. The molecule has 0 aromatic carbocycles. The van der Waals surface area contributed by atoms with Crippen molar-refractivity contribution in [2.24, 2.45) is 11.8 Å². The number of pyridine rings is 1. The van der Waals surface area contributed by atoms with Gasteiger partial charge in [-0.1, -0.05) is 19.9 Å². The Morgan fingerprint density at radius 3 is 2.62 bits per heavy atom. The first-order chi connectivity index (χ1) is 6.24. The summed E-state index contributed by atoms with van der Waals surface area (Å²) in [4.78, 5) is 4.25. The number of hydrogen-bond donors (Lipinski definition) is 1. The van der Waals surface area contributed by atoms with Crippen LogP contribution in [0.2, 0.25) is 0 Å². The predicted octanol–water partition coefficient (Wildman–Crippen LogP) is 1.89. The Labute approximate surface area is 79.6 Å². The molecule has 2 nitrogen and oxygen atoms in total. The molecule has 1 rings (SSSR count). The molecule has 1 heterocycles. The fourth-order valence-electron chi connectivity index (χ4n) is 1.23. The third-order valence-corrected chi connectivity index (χ3v) is 2.52. The van der Waals surface area contributed by atoms with Crippen molar-refractivity contribution in [2.45, 2.75) is 20.3 Å². The summed E-state index contributed by atoms with van der Waals surface area (Å²) in [6.45, 7) is 4.47. The summed E-state index contributed by atoms with van der Waals surface area (Å²) in [5.74, 6) is 0.835. The zero-order chi connectivity index (χ0) is 9.68. The van der Waals surface area contributed by atoms with Crippen LogP contribution in [0.4, 0.5) is 0 Å². The molecule has 0 fully saturated rings. The Kier molecular flexibility index (Phi) is 3.90. The molecule has 1 aromatic rings. The molecule has 1 aromatic heterocycles. The van der Waals surface area contributed by atoms with Gasteiger partial charge in [-0.3, -0.25) is 4.98 Å². The molecule has 0 amide bonds. The van der Waals surface area contributed by atoms with Crippen molar-refractivity contribution < 1.29 is 5.11 Å². The molecule has 1 N–H and O–H groups in total. The van der Waals surface area contributed by atoms with Crippen LogP contribution in [-0.2, 0) is 6.42 Å². The van der Waals surface area contributed by atoms with E-state index in [0.29, 0.717) is 11.8 Å². The van der Waals surface area contributed by atoms with Crippen LogP contribution in [0, 0.1) is 11.8 Å². The van der Waals surface area contributed by atoms with Crippen molar-refractivity contribution in [1.29, 1.82) is 0 Å². The minimum absolute atomic E-state index is 0.258. The van der Waals surface area contributed by atoms with E-state index in [1.807, 2.05) is 24.4 Å². The van der Waals surface area contributed by atoms with Gasteiger partial charge < -0.3 is 5.11 Å². The monoisotopic (exact) mass is 179 g/mol. The van der Waals surface area contributed by atoms with Gasteiger partial charge in [0.2, 0.25) is 0 Å². The second-order valence-electron chi connectivity index (χ2n) is 3.66. The molecule has 2 atom stereocenters. The van der Waals surface area contributed by atoms with E-state index in [-0.39, 0.29) is 6.61 Å². The molecule has 2 heteroatoms. The number of hydrogen-bond acceptors (Lipinski definition) is 2. The Morgan fingerprint density at radius 2 is 2.08 bits per heavy atom. The van der Waals surface area contributed by atoms with Gasteiger partial charge in [-0.2, -0.15) is 0 Å². The summed E-state index contributed by atoms with van der Waals surface area (Å²) in [6, 6.07) is 5.95. The summed E-state index contributed by atoms with van der Waals surface area (Å²) in [7, 11) is 0. The van der Waals surface area contributed by atoms with Crippen molar-refractivity contribution in [2.75, 3.05) is 6.61 Å². The van der Waals surface area contributed by atoms with Crippen molar-refractivity contribution in [3.63, 3.8) is 0 Å². The van der Waals surface area contributed by atoms with Crippen LogP contribution in [0.5, 0.6) is 0 Å². The van der Waals surface area contributed by atoms with Crippen LogP contribution in [0.3, 0.4) is 0 Å². The fourth-order valence-corrected chi connectivity index (χ4v) is 1.23. The molecule has 0 unspecified atom stereocenters. The van der Waals surface area contributed by atoms with Gasteiger partial charge >= 0.3 is 0 Å². The molecule has 13 heavy (non-hydrogen) atoms. The summed E-state index contributed by atoms with van der Waals surface area (Å²) in [5.41, 5.74) is 1.11. The quantitative estimate of drug-likeness (QED) is 0.765. The van der Waals surface area contributed by atoms with Gasteiger partial charge in [-0.15, -0.1) is 0 Å². The number of aliphatic hydroxyl groups excluding tert-OH is 1. The van der Waals surface area contributed by atoms with Gasteiger partial charge in [0.05, 0.1) is 0 Å². The Balaban J connectivity index is 2.50. The van der Waals surface area contributed by atoms with E-state index < -0.39 is 0 Å². The van der Waals surface area contributed by atoms with Gasteiger partial charge in [-0.25, -0.2) is 0 Å². The third kappa shape index (κ3) is 3.15. The molecular weight excluding hydrogens is 162 g/mol. The highest BCUT2D eigenvalue weighted by Crippen LogP contribution is 2.14. The highest BCUT2D eigenvalue weighted by molar-refractivity contribution is 5.04. The van der Waals surface area contributed by atoms with E-state index in [1.165, 1.54) is 0 Å². The highest BCUT2D eigenvalue weighted by atomic mass is 16.3. The maximum absolute atomic E-state index is 8.96. The van der Waals surface area contributed by atoms with Gasteiger partial charge in [0.25, 0.3) is 0 Å². The largest absolute Gasteiger partial charge is 0.396 e. The lowest BCUT2D eigenvalue weighted by Gasteiger charge is -2.16. The van der Waals surface area contributed by atoms with E-state index in [1.54, 1.807) is 0 Å². The maximum Gasteiger partial charge on any atom is 0.0459 e. The summed E-state index contributed by atoms with van der Waals surface area (Å²) in [6.07, 6.45) is 2.76. The van der Waals surface area contributed by atoms with Crippen molar-refractivity contribution in [3.05, 3.63) is 30.1 Å². The molecule has 0 radical (unpaired) electrons. The first-order valence-corrected chi connectivity index (χ1v) is 4.74. The SMILES string of the molecule is C[C@H](CO)[C@H](C)Cc1ccccn1. The van der Waals surface area contributed by atoms with E-state index in [9.17, 15) is 0 Å². The topological polar surface area (TPSA) is 33.1 Å². The average Bonchev–Trinajstić information content (AvgIpc) is 2.18. The lowest BCUT2D eigenvalue weighted by atomic mass is 9.92. The highest BCUT2D eigenvalue weighted by Gasteiger charge is 2.11. The second-order valence-corrected chi connectivity index (χ2v) is 3.66. The normalized spacial score (nSPS) is 15.3. The van der Waals surface area contributed by atoms with Crippen molar-refractivity contribution in [3.8, 4) is 0 Å². The molecule has 0 bridgehead atoms. The Hall–Kier alpha value is -0.890. The first-order valence-electron chi connectivity index (χ1n) is 4.74. The van der Waals surface area contributed by atoms with Crippen LogP contribution in [0.1, 0.15) is 19.5 Å². The predicted molar refractivity (Wildman–Crippen MR) is 53.4 cm³/mol. The average molecular weight is 179 g/mol. The van der Waals surface area contributed by atoms with Crippen LogP contribution >= 0.6 is 0 Å². The lowest BCUT2D eigenvalue weighted by Crippen LogP contribution is -2.14. The number of aromatic nitrogens is 1. The van der Waals surface area contributed by atoms with Crippen molar-refractivity contribution >= 4 is 0 Å². The molecule has 0 aliphatic carbocycles. The zero-order valence-corrected chi connectivity index (χ0v) is 8.27. The molecule has 0 aliphatic rings. The molecule has 0 spiro atoms. The Bertz CT molecular complexity index is 235. The second kappa shape index (κ2) is 4.97. The number of aliphatic hydroxyl groups is 1. The zero-order valence-electron chi connectivity index (χ0n) is 8.27. The first kappa shape index (κ1) is 10.2. The van der Waals surface area contributed by atoms with Gasteiger partial charge in [0, 0.05) is 18.5 Å². The molecule has 72 valence electrons. The minimum Gasteiger partial charge on any atom is -0.396 e. The summed E-state index contributed by atoms with van der Waals surface area (Å²) < 4.78 is 0. The summed E-state index contributed by atoms with van der Waals surface area (Å²) >= 11 is 0. The van der Waals surface area contributed by atoms with Crippen molar-refractivity contribution in [1.82, 2.24) is 4.98 Å². The van der Waals surface area contributed by atoms with E-state index >= 15 is 0 Å². The van der Waals surface area contributed by atoms with Gasteiger partial charge in [-0.05, 0) is 30.4 Å². The van der Waals surface area contributed by atoms with E-state index in [0.717, 1.165) is 12.1 Å². The van der Waals surface area contributed by atoms with Crippen LogP contribution in [0.15, 0.2) is 24.4 Å². The van der Waals surface area contributed by atoms with Crippen LogP contribution < -0.4 is 0 Å². The van der Waals surface area contributed by atoms with E-state index in [2.05, 4.69) is 18.8 Å². The standard InChI is InChI=1S/C11H17NO/c1-9(10(2)8-13)7-11-5-3-4-6-12-11/h3-6,9-10,13H,7-8H2,1-2H3/t9-,10-/m1/s1.